The van der Waals surface area contributed by atoms with E-state index in [2.05, 4.69) is 55.1 Å². The number of anilines is 1. The van der Waals surface area contributed by atoms with Gasteiger partial charge in [0.25, 0.3) is 0 Å². The maximum atomic E-state index is 12.4. The minimum atomic E-state index is 0.00230. The van der Waals surface area contributed by atoms with E-state index < -0.39 is 0 Å². The number of rotatable bonds is 5. The Morgan fingerprint density at radius 3 is 2.56 bits per heavy atom. The second kappa shape index (κ2) is 8.12. The van der Waals surface area contributed by atoms with E-state index in [4.69, 9.17) is 0 Å². The summed E-state index contributed by atoms with van der Waals surface area (Å²) >= 11 is 1.16. The third-order valence-corrected chi connectivity index (χ3v) is 5.46. The van der Waals surface area contributed by atoms with Crippen molar-refractivity contribution in [3.63, 3.8) is 0 Å². The second-order valence-electron chi connectivity index (χ2n) is 7.02. The van der Waals surface area contributed by atoms with Gasteiger partial charge in [-0.15, -0.1) is 0 Å². The minimum Gasteiger partial charge on any atom is -0.323 e. The fourth-order valence-corrected chi connectivity index (χ4v) is 3.91. The van der Waals surface area contributed by atoms with E-state index in [0.717, 1.165) is 61.2 Å². The van der Waals surface area contributed by atoms with E-state index in [0.29, 0.717) is 6.54 Å². The molecular weight excluding hydrogens is 358 g/mol. The van der Waals surface area contributed by atoms with Gasteiger partial charge in [0.15, 0.2) is 0 Å². The topological polar surface area (TPSA) is 61.4 Å². The van der Waals surface area contributed by atoms with E-state index in [1.165, 1.54) is 11.1 Å². The highest BCUT2D eigenvalue weighted by molar-refractivity contribution is 7.00. The van der Waals surface area contributed by atoms with Crippen LogP contribution in [0.4, 0.5) is 5.69 Å². The number of fused-ring (bicyclic) bond motifs is 1. The lowest BCUT2D eigenvalue weighted by molar-refractivity contribution is -0.117. The quantitative estimate of drug-likeness (QED) is 0.736. The average Bonchev–Trinajstić information content (AvgIpc) is 3.15. The van der Waals surface area contributed by atoms with Crippen molar-refractivity contribution >= 4 is 34.4 Å². The lowest BCUT2D eigenvalue weighted by atomic mass is 10.1. The molecule has 0 unspecified atom stereocenters. The van der Waals surface area contributed by atoms with Crippen LogP contribution in [-0.2, 0) is 11.3 Å². The van der Waals surface area contributed by atoms with Gasteiger partial charge < -0.3 is 5.32 Å². The summed E-state index contributed by atoms with van der Waals surface area (Å²) in [7, 11) is 0. The number of hydrogen-bond acceptors (Lipinski definition) is 6. The van der Waals surface area contributed by atoms with Crippen molar-refractivity contribution in [2.75, 3.05) is 38.0 Å². The number of piperazine rings is 1. The van der Waals surface area contributed by atoms with Crippen LogP contribution in [0.25, 0.3) is 11.0 Å². The van der Waals surface area contributed by atoms with Crippen LogP contribution in [0.15, 0.2) is 42.5 Å². The molecule has 3 aromatic rings. The Balaban J connectivity index is 1.27. The maximum Gasteiger partial charge on any atom is 0.238 e. The third kappa shape index (κ3) is 4.50. The van der Waals surface area contributed by atoms with Crippen molar-refractivity contribution in [1.29, 1.82) is 0 Å². The van der Waals surface area contributed by atoms with Gasteiger partial charge in [0.05, 0.1) is 24.0 Å². The minimum absolute atomic E-state index is 0.00230. The Hall–Kier alpha value is -2.35. The first-order chi connectivity index (χ1) is 13.2. The molecule has 0 atom stereocenters. The highest BCUT2D eigenvalue weighted by atomic mass is 32.1. The molecule has 4 rings (SSSR count). The van der Waals surface area contributed by atoms with E-state index in [1.54, 1.807) is 0 Å². The normalized spacial score (nSPS) is 15.9. The predicted octanol–water partition coefficient (Wildman–Crippen LogP) is 2.76. The summed E-state index contributed by atoms with van der Waals surface area (Å²) in [4.78, 5) is 17.1. The van der Waals surface area contributed by atoms with E-state index in [9.17, 15) is 4.79 Å². The summed E-state index contributed by atoms with van der Waals surface area (Å²) in [5.74, 6) is 0.00230. The molecule has 0 spiro atoms. The third-order valence-electron chi connectivity index (χ3n) is 4.92. The molecule has 1 N–H and O–H groups in total. The number of nitrogens with zero attached hydrogens (tertiary/aromatic N) is 4. The smallest absolute Gasteiger partial charge is 0.238 e. The summed E-state index contributed by atoms with van der Waals surface area (Å²) in [5, 5.41) is 2.98. The molecule has 1 fully saturated rings. The van der Waals surface area contributed by atoms with Gasteiger partial charge in [-0.1, -0.05) is 35.9 Å². The first kappa shape index (κ1) is 18.0. The molecule has 0 radical (unpaired) electrons. The largest absolute Gasteiger partial charge is 0.323 e. The molecular formula is C20H23N5OS. The summed E-state index contributed by atoms with van der Waals surface area (Å²) in [5.41, 5.74) is 4.96. The van der Waals surface area contributed by atoms with Gasteiger partial charge in [-0.05, 0) is 24.6 Å². The SMILES string of the molecule is Cc1ccc(CN2CCN(CC(=O)Nc3cccc4nsnc34)CC2)cc1. The fraction of sp³-hybridized carbons (Fsp3) is 0.350. The van der Waals surface area contributed by atoms with E-state index in [-0.39, 0.29) is 5.91 Å². The number of aromatic nitrogens is 2. The van der Waals surface area contributed by atoms with Crippen molar-refractivity contribution < 1.29 is 4.79 Å². The van der Waals surface area contributed by atoms with Gasteiger partial charge in [-0.3, -0.25) is 14.6 Å². The Morgan fingerprint density at radius 1 is 1.04 bits per heavy atom. The summed E-state index contributed by atoms with van der Waals surface area (Å²) in [6, 6.07) is 14.4. The monoisotopic (exact) mass is 381 g/mol. The number of benzene rings is 2. The molecule has 140 valence electrons. The molecule has 0 aliphatic carbocycles. The van der Waals surface area contributed by atoms with Gasteiger partial charge >= 0.3 is 0 Å². The van der Waals surface area contributed by atoms with Crippen molar-refractivity contribution in [3.05, 3.63) is 53.6 Å². The van der Waals surface area contributed by atoms with Crippen LogP contribution >= 0.6 is 11.7 Å². The molecule has 1 saturated heterocycles. The van der Waals surface area contributed by atoms with Gasteiger partial charge in [-0.25, -0.2) is 0 Å². The molecule has 1 amide bonds. The molecule has 6 nitrogen and oxygen atoms in total. The lowest BCUT2D eigenvalue weighted by Gasteiger charge is -2.34. The zero-order valence-electron chi connectivity index (χ0n) is 15.4. The molecule has 0 bridgehead atoms. The standard InChI is InChI=1S/C20H23N5OS/c1-15-5-7-16(8-6-15)13-24-9-11-25(12-10-24)14-19(26)21-17-3-2-4-18-20(17)23-27-22-18/h2-8H,9-14H2,1H3,(H,21,26). The molecule has 1 aromatic heterocycles. The van der Waals surface area contributed by atoms with Crippen molar-refractivity contribution in [1.82, 2.24) is 18.5 Å². The second-order valence-corrected chi connectivity index (χ2v) is 7.55. The molecule has 0 saturated carbocycles. The first-order valence-electron chi connectivity index (χ1n) is 9.19. The zero-order chi connectivity index (χ0) is 18.6. The van der Waals surface area contributed by atoms with Gasteiger partial charge in [0.2, 0.25) is 5.91 Å². The van der Waals surface area contributed by atoms with Gasteiger partial charge in [0, 0.05) is 32.7 Å². The van der Waals surface area contributed by atoms with E-state index >= 15 is 0 Å². The average molecular weight is 382 g/mol. The number of hydrogen-bond donors (Lipinski definition) is 1. The van der Waals surface area contributed by atoms with Crippen LogP contribution in [0.2, 0.25) is 0 Å². The summed E-state index contributed by atoms with van der Waals surface area (Å²) in [6.45, 7) is 7.26. The number of carbonyl (C=O) groups is 1. The number of amides is 1. The fourth-order valence-electron chi connectivity index (χ4n) is 3.36. The highest BCUT2D eigenvalue weighted by Crippen LogP contribution is 2.21. The molecule has 1 aliphatic rings. The summed E-state index contributed by atoms with van der Waals surface area (Å²) < 4.78 is 8.48. The van der Waals surface area contributed by atoms with Crippen LogP contribution < -0.4 is 5.32 Å². The maximum absolute atomic E-state index is 12.4. The summed E-state index contributed by atoms with van der Waals surface area (Å²) in [6.07, 6.45) is 0. The van der Waals surface area contributed by atoms with Crippen molar-refractivity contribution in [2.45, 2.75) is 13.5 Å². The van der Waals surface area contributed by atoms with Gasteiger partial charge in [0.1, 0.15) is 11.0 Å². The zero-order valence-corrected chi connectivity index (χ0v) is 16.2. The van der Waals surface area contributed by atoms with Crippen LogP contribution in [0.3, 0.4) is 0 Å². The number of aryl methyl sites for hydroxylation is 1. The van der Waals surface area contributed by atoms with Crippen LogP contribution in [0.1, 0.15) is 11.1 Å². The highest BCUT2D eigenvalue weighted by Gasteiger charge is 2.19. The molecule has 1 aliphatic heterocycles. The Bertz CT molecular complexity index is 916. The lowest BCUT2D eigenvalue weighted by Crippen LogP contribution is -2.48. The molecule has 7 heteroatoms. The number of carbonyl (C=O) groups excluding carboxylic acids is 1. The van der Waals surface area contributed by atoms with E-state index in [1.807, 2.05) is 18.2 Å². The van der Waals surface area contributed by atoms with Crippen LogP contribution in [0, 0.1) is 6.92 Å². The number of nitrogens with one attached hydrogen (secondary N) is 1. The predicted molar refractivity (Wildman–Crippen MR) is 109 cm³/mol. The first-order valence-corrected chi connectivity index (χ1v) is 9.92. The van der Waals surface area contributed by atoms with Crippen molar-refractivity contribution in [2.24, 2.45) is 0 Å². The van der Waals surface area contributed by atoms with Crippen LogP contribution in [-0.4, -0.2) is 57.2 Å². The van der Waals surface area contributed by atoms with Gasteiger partial charge in [-0.2, -0.15) is 8.75 Å². The molecule has 2 aromatic carbocycles. The van der Waals surface area contributed by atoms with Crippen LogP contribution in [0.5, 0.6) is 0 Å². The molecule has 2 heterocycles. The molecule has 27 heavy (non-hydrogen) atoms. The Labute approximate surface area is 163 Å². The van der Waals surface area contributed by atoms with Crippen molar-refractivity contribution in [3.8, 4) is 0 Å². The Morgan fingerprint density at radius 2 is 1.78 bits per heavy atom. The Kier molecular flexibility index (Phi) is 5.42.